The number of nitrogens with zero attached hydrogens (tertiary/aromatic N) is 2. The van der Waals surface area contributed by atoms with Gasteiger partial charge >= 0.3 is 5.97 Å². The molecule has 7 heteroatoms. The maximum absolute atomic E-state index is 10.8. The van der Waals surface area contributed by atoms with Crippen molar-refractivity contribution in [2.75, 3.05) is 13.6 Å². The van der Waals surface area contributed by atoms with Crippen molar-refractivity contribution in [3.05, 3.63) is 38.9 Å². The van der Waals surface area contributed by atoms with Crippen molar-refractivity contribution in [3.8, 4) is 0 Å². The molecule has 0 fully saturated rings. The Morgan fingerprint density at radius 3 is 2.78 bits per heavy atom. The van der Waals surface area contributed by atoms with Gasteiger partial charge in [-0.3, -0.25) is 14.9 Å². The Morgan fingerprint density at radius 1 is 1.56 bits per heavy atom. The molecule has 18 heavy (non-hydrogen) atoms. The summed E-state index contributed by atoms with van der Waals surface area (Å²) >= 11 is 5.93. The third-order valence-electron chi connectivity index (χ3n) is 2.25. The molecule has 6 nitrogen and oxygen atoms in total. The van der Waals surface area contributed by atoms with Gasteiger partial charge in [-0.25, -0.2) is 0 Å². The van der Waals surface area contributed by atoms with Crippen LogP contribution in [0.2, 0.25) is 5.02 Å². The fourth-order valence-electron chi connectivity index (χ4n) is 1.50. The minimum Gasteiger partial charge on any atom is -0.369 e. The monoisotopic (exact) mass is 272 g/mol. The number of hydroxylamine groups is 2. The summed E-state index contributed by atoms with van der Waals surface area (Å²) < 4.78 is 0. The first-order chi connectivity index (χ1) is 8.41. The lowest BCUT2D eigenvalue weighted by Gasteiger charge is -2.15. The van der Waals surface area contributed by atoms with Crippen molar-refractivity contribution >= 4 is 23.3 Å². The van der Waals surface area contributed by atoms with Gasteiger partial charge in [0.25, 0.3) is 5.69 Å². The van der Waals surface area contributed by atoms with E-state index in [1.165, 1.54) is 24.1 Å². The minimum absolute atomic E-state index is 0.0290. The number of rotatable bonds is 5. The van der Waals surface area contributed by atoms with Crippen LogP contribution in [-0.4, -0.2) is 29.5 Å². The third kappa shape index (κ3) is 3.97. The number of likely N-dealkylation sites (N-methyl/N-ethyl adjacent to an activating group) is 1. The molecule has 0 atom stereocenters. The van der Waals surface area contributed by atoms with Crippen LogP contribution in [0, 0.1) is 10.1 Å². The second kappa shape index (κ2) is 6.32. The van der Waals surface area contributed by atoms with Crippen molar-refractivity contribution in [1.29, 1.82) is 0 Å². The van der Waals surface area contributed by atoms with E-state index in [4.69, 9.17) is 16.4 Å². The van der Waals surface area contributed by atoms with Gasteiger partial charge < -0.3 is 4.84 Å². The van der Waals surface area contributed by atoms with E-state index >= 15 is 0 Å². The molecule has 0 aliphatic carbocycles. The summed E-state index contributed by atoms with van der Waals surface area (Å²) in [4.78, 5) is 25.9. The van der Waals surface area contributed by atoms with Gasteiger partial charge in [0.2, 0.25) is 0 Å². The summed E-state index contributed by atoms with van der Waals surface area (Å²) in [5.41, 5.74) is 0.405. The van der Waals surface area contributed by atoms with Gasteiger partial charge in [0, 0.05) is 32.1 Å². The Kier molecular flexibility index (Phi) is 5.06. The molecular formula is C11H13ClN2O4. The molecule has 0 radical (unpaired) electrons. The zero-order valence-electron chi connectivity index (χ0n) is 10.1. The highest BCUT2D eigenvalue weighted by molar-refractivity contribution is 6.31. The van der Waals surface area contributed by atoms with Gasteiger partial charge in [0.15, 0.2) is 0 Å². The van der Waals surface area contributed by atoms with E-state index in [0.29, 0.717) is 23.6 Å². The van der Waals surface area contributed by atoms with Crippen LogP contribution in [0.3, 0.4) is 0 Å². The van der Waals surface area contributed by atoms with Crippen LogP contribution in [-0.2, 0) is 16.1 Å². The molecule has 0 saturated heterocycles. The van der Waals surface area contributed by atoms with Crippen LogP contribution in [0.15, 0.2) is 18.2 Å². The molecule has 0 unspecified atom stereocenters. The van der Waals surface area contributed by atoms with Crippen molar-refractivity contribution < 1.29 is 14.6 Å². The summed E-state index contributed by atoms with van der Waals surface area (Å²) in [7, 11) is 1.57. The van der Waals surface area contributed by atoms with Crippen molar-refractivity contribution in [1.82, 2.24) is 5.06 Å². The number of halogens is 1. The van der Waals surface area contributed by atoms with Crippen molar-refractivity contribution in [2.45, 2.75) is 13.3 Å². The summed E-state index contributed by atoms with van der Waals surface area (Å²) in [6.45, 7) is 1.61. The third-order valence-corrected chi connectivity index (χ3v) is 2.61. The fourth-order valence-corrected chi connectivity index (χ4v) is 1.76. The summed E-state index contributed by atoms with van der Waals surface area (Å²) in [5, 5.41) is 12.5. The highest BCUT2D eigenvalue weighted by Gasteiger charge is 2.17. The largest absolute Gasteiger partial charge is 0.369 e. The SMILES string of the molecule is CC(=O)ON(C)CCc1c(Cl)cccc1[N+](=O)[O-]. The molecule has 0 bridgehead atoms. The van der Waals surface area contributed by atoms with Gasteiger partial charge in [-0.1, -0.05) is 17.7 Å². The second-order valence-corrected chi connectivity index (χ2v) is 4.09. The van der Waals surface area contributed by atoms with Gasteiger partial charge in [0.05, 0.1) is 9.95 Å². The maximum Gasteiger partial charge on any atom is 0.322 e. The first kappa shape index (κ1) is 14.4. The molecule has 0 aliphatic rings. The fraction of sp³-hybridized carbons (Fsp3) is 0.364. The molecule has 0 amide bonds. The predicted molar refractivity (Wildman–Crippen MR) is 66.2 cm³/mol. The molecule has 0 heterocycles. The summed E-state index contributed by atoms with van der Waals surface area (Å²) in [5.74, 6) is -0.439. The number of hydrogen-bond donors (Lipinski definition) is 0. The first-order valence-electron chi connectivity index (χ1n) is 5.23. The van der Waals surface area contributed by atoms with E-state index in [0.717, 1.165) is 0 Å². The average molecular weight is 273 g/mol. The highest BCUT2D eigenvalue weighted by Crippen LogP contribution is 2.26. The number of carbonyl (C=O) groups is 1. The Labute approximate surface area is 109 Å². The molecule has 0 N–H and O–H groups in total. The van der Waals surface area contributed by atoms with Crippen LogP contribution >= 0.6 is 11.6 Å². The normalized spacial score (nSPS) is 10.4. The van der Waals surface area contributed by atoms with E-state index in [9.17, 15) is 14.9 Å². The lowest BCUT2D eigenvalue weighted by atomic mass is 10.1. The molecule has 98 valence electrons. The quantitative estimate of drug-likeness (QED) is 0.607. The Hall–Kier alpha value is -1.66. The van der Waals surface area contributed by atoms with E-state index in [-0.39, 0.29) is 5.69 Å². The van der Waals surface area contributed by atoms with E-state index < -0.39 is 10.9 Å². The van der Waals surface area contributed by atoms with E-state index in [2.05, 4.69) is 0 Å². The summed E-state index contributed by atoms with van der Waals surface area (Å²) in [6.07, 6.45) is 0.319. The number of nitro groups is 1. The van der Waals surface area contributed by atoms with Crippen LogP contribution in [0.1, 0.15) is 12.5 Å². The second-order valence-electron chi connectivity index (χ2n) is 3.68. The lowest BCUT2D eigenvalue weighted by Crippen LogP contribution is -2.24. The maximum atomic E-state index is 10.8. The first-order valence-corrected chi connectivity index (χ1v) is 5.61. The van der Waals surface area contributed by atoms with Gasteiger partial charge in [-0.15, -0.1) is 5.06 Å². The van der Waals surface area contributed by atoms with Gasteiger partial charge in [0.1, 0.15) is 0 Å². The molecule has 1 aromatic rings. The standard InChI is InChI=1S/C11H13ClN2O4/c1-8(15)18-13(2)7-6-9-10(12)4-3-5-11(9)14(16)17/h3-5H,6-7H2,1-2H3. The van der Waals surface area contributed by atoms with Crippen LogP contribution < -0.4 is 0 Å². The van der Waals surface area contributed by atoms with E-state index in [1.807, 2.05) is 0 Å². The van der Waals surface area contributed by atoms with Crippen molar-refractivity contribution in [2.24, 2.45) is 0 Å². The lowest BCUT2D eigenvalue weighted by molar-refractivity contribution is -0.385. The molecule has 0 aromatic heterocycles. The zero-order chi connectivity index (χ0) is 13.7. The van der Waals surface area contributed by atoms with Crippen LogP contribution in [0.4, 0.5) is 5.69 Å². The molecular weight excluding hydrogens is 260 g/mol. The Bertz CT molecular complexity index is 464. The predicted octanol–water partition coefficient (Wildman–Crippen LogP) is 2.20. The molecule has 1 rings (SSSR count). The zero-order valence-corrected chi connectivity index (χ0v) is 10.8. The van der Waals surface area contributed by atoms with Gasteiger partial charge in [-0.05, 0) is 12.5 Å². The highest BCUT2D eigenvalue weighted by atomic mass is 35.5. The van der Waals surface area contributed by atoms with E-state index in [1.54, 1.807) is 13.1 Å². The average Bonchev–Trinajstić information content (AvgIpc) is 2.25. The van der Waals surface area contributed by atoms with Crippen LogP contribution in [0.5, 0.6) is 0 Å². The number of benzene rings is 1. The number of nitro benzene ring substituents is 1. The molecule has 1 aromatic carbocycles. The Balaban J connectivity index is 2.78. The minimum atomic E-state index is -0.479. The smallest absolute Gasteiger partial charge is 0.322 e. The Morgan fingerprint density at radius 2 is 2.22 bits per heavy atom. The molecule has 0 aliphatic heterocycles. The van der Waals surface area contributed by atoms with Gasteiger partial charge in [-0.2, -0.15) is 0 Å². The van der Waals surface area contributed by atoms with Crippen molar-refractivity contribution in [3.63, 3.8) is 0 Å². The topological polar surface area (TPSA) is 72.7 Å². The molecule has 0 saturated carbocycles. The summed E-state index contributed by atoms with van der Waals surface area (Å²) in [6, 6.07) is 4.52. The number of hydrogen-bond acceptors (Lipinski definition) is 5. The van der Waals surface area contributed by atoms with Crippen LogP contribution in [0.25, 0.3) is 0 Å². The molecule has 0 spiro atoms. The number of carbonyl (C=O) groups excluding carboxylic acids is 1.